The van der Waals surface area contributed by atoms with Crippen molar-refractivity contribution >= 4 is 23.4 Å². The summed E-state index contributed by atoms with van der Waals surface area (Å²) in [5, 5.41) is 12.2. The molecule has 2 aromatic rings. The Hall–Kier alpha value is -3.26. The molecule has 5 nitrogen and oxygen atoms in total. The summed E-state index contributed by atoms with van der Waals surface area (Å²) < 4.78 is 5.39. The van der Waals surface area contributed by atoms with Crippen LogP contribution in [0.4, 0.5) is 11.4 Å². The molecular formula is C23H25N3O2. The van der Waals surface area contributed by atoms with Gasteiger partial charge >= 0.3 is 0 Å². The number of hydrogen-bond acceptors (Lipinski definition) is 4. The normalized spacial score (nSPS) is 13.9. The zero-order chi connectivity index (χ0) is 19.9. The van der Waals surface area contributed by atoms with Crippen LogP contribution in [-0.2, 0) is 4.79 Å². The van der Waals surface area contributed by atoms with E-state index in [-0.39, 0.29) is 5.57 Å². The second-order valence-corrected chi connectivity index (χ2v) is 6.82. The zero-order valence-corrected chi connectivity index (χ0v) is 16.4. The molecule has 1 amide bonds. The van der Waals surface area contributed by atoms with Gasteiger partial charge in [-0.05, 0) is 80.3 Å². The van der Waals surface area contributed by atoms with Crippen molar-refractivity contribution in [2.75, 3.05) is 29.9 Å². The minimum atomic E-state index is -0.422. The molecule has 0 atom stereocenters. The average Bonchev–Trinajstić information content (AvgIpc) is 3.23. The van der Waals surface area contributed by atoms with Crippen molar-refractivity contribution in [3.63, 3.8) is 0 Å². The lowest BCUT2D eigenvalue weighted by Gasteiger charge is -2.18. The molecule has 0 radical (unpaired) electrons. The Morgan fingerprint density at radius 1 is 1.21 bits per heavy atom. The SMILES string of the molecule is CCOc1ccc(NC(=O)/C(C#N)=C\c2ccc(N3CCCC3)cc2C)cc1. The standard InChI is InChI=1S/C23H25N3O2/c1-3-28-22-10-7-20(8-11-22)25-23(27)19(16-24)15-18-6-9-21(14-17(18)2)26-12-4-5-13-26/h6-11,14-15H,3-5,12-13H2,1-2H3,(H,25,27)/b19-15-. The molecule has 1 N–H and O–H groups in total. The van der Waals surface area contributed by atoms with Crippen molar-refractivity contribution in [3.8, 4) is 11.8 Å². The fraction of sp³-hybridized carbons (Fsp3) is 0.304. The zero-order valence-electron chi connectivity index (χ0n) is 16.4. The number of carbonyl (C=O) groups is 1. The first-order valence-corrected chi connectivity index (χ1v) is 9.62. The van der Waals surface area contributed by atoms with E-state index in [0.29, 0.717) is 12.3 Å². The number of nitrogens with one attached hydrogen (secondary N) is 1. The number of amides is 1. The summed E-state index contributed by atoms with van der Waals surface area (Å²) in [4.78, 5) is 14.9. The van der Waals surface area contributed by atoms with Gasteiger partial charge in [-0.25, -0.2) is 0 Å². The van der Waals surface area contributed by atoms with E-state index >= 15 is 0 Å². The number of carbonyl (C=O) groups excluding carboxylic acids is 1. The molecule has 0 aliphatic carbocycles. The van der Waals surface area contributed by atoms with Gasteiger partial charge in [-0.2, -0.15) is 5.26 Å². The first-order chi connectivity index (χ1) is 13.6. The van der Waals surface area contributed by atoms with Gasteiger partial charge < -0.3 is 15.0 Å². The predicted octanol–water partition coefficient (Wildman–Crippen LogP) is 4.54. The van der Waals surface area contributed by atoms with Gasteiger partial charge in [-0.1, -0.05) is 6.07 Å². The molecule has 144 valence electrons. The van der Waals surface area contributed by atoms with Crippen molar-refractivity contribution in [2.24, 2.45) is 0 Å². The topological polar surface area (TPSA) is 65.4 Å². The summed E-state index contributed by atoms with van der Waals surface area (Å²) >= 11 is 0. The number of hydrogen-bond donors (Lipinski definition) is 1. The monoisotopic (exact) mass is 375 g/mol. The maximum Gasteiger partial charge on any atom is 0.266 e. The summed E-state index contributed by atoms with van der Waals surface area (Å²) in [6.45, 7) is 6.68. The molecule has 0 bridgehead atoms. The van der Waals surface area contributed by atoms with E-state index in [9.17, 15) is 10.1 Å². The third-order valence-corrected chi connectivity index (χ3v) is 4.81. The second kappa shape index (κ2) is 9.09. The van der Waals surface area contributed by atoms with Crippen molar-refractivity contribution < 1.29 is 9.53 Å². The molecule has 0 unspecified atom stereocenters. The van der Waals surface area contributed by atoms with Crippen LogP contribution in [0.2, 0.25) is 0 Å². The second-order valence-electron chi connectivity index (χ2n) is 6.82. The highest BCUT2D eigenvalue weighted by Crippen LogP contribution is 2.24. The van der Waals surface area contributed by atoms with Crippen LogP contribution in [0.1, 0.15) is 30.9 Å². The maximum absolute atomic E-state index is 12.5. The number of anilines is 2. The molecule has 28 heavy (non-hydrogen) atoms. The van der Waals surface area contributed by atoms with Crippen LogP contribution in [0, 0.1) is 18.3 Å². The summed E-state index contributed by atoms with van der Waals surface area (Å²) in [6.07, 6.45) is 4.10. The van der Waals surface area contributed by atoms with Gasteiger partial charge in [0.15, 0.2) is 0 Å². The van der Waals surface area contributed by atoms with E-state index in [1.165, 1.54) is 18.5 Å². The molecule has 5 heteroatoms. The van der Waals surface area contributed by atoms with Gasteiger partial charge in [0.25, 0.3) is 5.91 Å². The van der Waals surface area contributed by atoms with E-state index in [1.807, 2.05) is 26.0 Å². The first kappa shape index (κ1) is 19.5. The van der Waals surface area contributed by atoms with Crippen LogP contribution < -0.4 is 15.0 Å². The van der Waals surface area contributed by atoms with Gasteiger partial charge in [0.05, 0.1) is 6.61 Å². The van der Waals surface area contributed by atoms with Gasteiger partial charge in [0.1, 0.15) is 17.4 Å². The molecule has 1 saturated heterocycles. The summed E-state index contributed by atoms with van der Waals surface area (Å²) in [6, 6.07) is 15.3. The Kier molecular flexibility index (Phi) is 6.33. The largest absolute Gasteiger partial charge is 0.494 e. The van der Waals surface area contributed by atoms with Crippen molar-refractivity contribution in [1.82, 2.24) is 0 Å². The van der Waals surface area contributed by atoms with Crippen LogP contribution in [0.5, 0.6) is 5.75 Å². The summed E-state index contributed by atoms with van der Waals surface area (Å²) in [5.41, 5.74) is 3.82. The molecular weight excluding hydrogens is 350 g/mol. The van der Waals surface area contributed by atoms with E-state index < -0.39 is 5.91 Å². The van der Waals surface area contributed by atoms with E-state index in [0.717, 1.165) is 30.0 Å². The number of nitrogens with zero attached hydrogens (tertiary/aromatic N) is 2. The van der Waals surface area contributed by atoms with Crippen LogP contribution in [0.25, 0.3) is 6.08 Å². The summed E-state index contributed by atoms with van der Waals surface area (Å²) in [7, 11) is 0. The molecule has 1 heterocycles. The predicted molar refractivity (Wildman–Crippen MR) is 112 cm³/mol. The molecule has 0 aromatic heterocycles. The van der Waals surface area contributed by atoms with E-state index in [2.05, 4.69) is 22.3 Å². The highest BCUT2D eigenvalue weighted by molar-refractivity contribution is 6.09. The highest BCUT2D eigenvalue weighted by atomic mass is 16.5. The fourth-order valence-electron chi connectivity index (χ4n) is 3.30. The third kappa shape index (κ3) is 4.72. The Bertz CT molecular complexity index is 904. The average molecular weight is 375 g/mol. The molecule has 1 fully saturated rings. The first-order valence-electron chi connectivity index (χ1n) is 9.62. The highest BCUT2D eigenvalue weighted by Gasteiger charge is 2.14. The Balaban J connectivity index is 1.73. The van der Waals surface area contributed by atoms with E-state index in [1.54, 1.807) is 30.3 Å². The smallest absolute Gasteiger partial charge is 0.266 e. The number of nitriles is 1. The molecule has 3 rings (SSSR count). The van der Waals surface area contributed by atoms with Crippen molar-refractivity contribution in [1.29, 1.82) is 5.26 Å². The van der Waals surface area contributed by atoms with Crippen LogP contribution >= 0.6 is 0 Å². The lowest BCUT2D eigenvalue weighted by molar-refractivity contribution is -0.112. The Labute approximate surface area is 166 Å². The quantitative estimate of drug-likeness (QED) is 0.595. The lowest BCUT2D eigenvalue weighted by Crippen LogP contribution is -2.17. The molecule has 2 aromatic carbocycles. The number of rotatable bonds is 6. The molecule has 0 spiro atoms. The summed E-state index contributed by atoms with van der Waals surface area (Å²) in [5.74, 6) is 0.319. The Morgan fingerprint density at radius 3 is 2.54 bits per heavy atom. The van der Waals surface area contributed by atoms with E-state index in [4.69, 9.17) is 4.74 Å². The minimum Gasteiger partial charge on any atom is -0.494 e. The fourth-order valence-corrected chi connectivity index (χ4v) is 3.30. The molecule has 0 saturated carbocycles. The number of ether oxygens (including phenoxy) is 1. The number of aryl methyl sites for hydroxylation is 1. The third-order valence-electron chi connectivity index (χ3n) is 4.81. The van der Waals surface area contributed by atoms with Crippen LogP contribution in [0.15, 0.2) is 48.0 Å². The molecule has 1 aliphatic heterocycles. The van der Waals surface area contributed by atoms with Crippen molar-refractivity contribution in [2.45, 2.75) is 26.7 Å². The maximum atomic E-state index is 12.5. The molecule has 1 aliphatic rings. The number of benzene rings is 2. The Morgan fingerprint density at radius 2 is 1.93 bits per heavy atom. The van der Waals surface area contributed by atoms with Crippen LogP contribution in [0.3, 0.4) is 0 Å². The van der Waals surface area contributed by atoms with Gasteiger partial charge in [-0.3, -0.25) is 4.79 Å². The minimum absolute atomic E-state index is 0.0749. The lowest BCUT2D eigenvalue weighted by atomic mass is 10.0. The van der Waals surface area contributed by atoms with Crippen LogP contribution in [-0.4, -0.2) is 25.6 Å². The van der Waals surface area contributed by atoms with Gasteiger partial charge in [-0.15, -0.1) is 0 Å². The van der Waals surface area contributed by atoms with Crippen molar-refractivity contribution in [3.05, 3.63) is 59.2 Å². The van der Waals surface area contributed by atoms with Gasteiger partial charge in [0.2, 0.25) is 0 Å². The van der Waals surface area contributed by atoms with Gasteiger partial charge in [0, 0.05) is 24.5 Å².